The van der Waals surface area contributed by atoms with Crippen molar-refractivity contribution in [3.63, 3.8) is 0 Å². The fourth-order valence-electron chi connectivity index (χ4n) is 4.68. The van der Waals surface area contributed by atoms with E-state index in [0.717, 1.165) is 32.1 Å². The summed E-state index contributed by atoms with van der Waals surface area (Å²) in [6, 6.07) is 13.6. The Balaban J connectivity index is 1.73. The van der Waals surface area contributed by atoms with Gasteiger partial charge in [0.05, 0.1) is 17.3 Å². The third-order valence-corrected chi connectivity index (χ3v) is 8.82. The van der Waals surface area contributed by atoms with Crippen LogP contribution >= 0.6 is 0 Å². The summed E-state index contributed by atoms with van der Waals surface area (Å²) in [5.74, 6) is -0.166. The van der Waals surface area contributed by atoms with Gasteiger partial charge in [-0.05, 0) is 87.8 Å². The van der Waals surface area contributed by atoms with Crippen LogP contribution in [0.1, 0.15) is 76.0 Å². The molecule has 2 aromatic rings. The topological polar surface area (TPSA) is 118 Å². The molecule has 8 nitrogen and oxygen atoms in total. The van der Waals surface area contributed by atoms with E-state index in [9.17, 15) is 23.8 Å². The summed E-state index contributed by atoms with van der Waals surface area (Å²) in [5.41, 5.74) is 0.508. The molecule has 2 N–H and O–H groups in total. The molecule has 2 atom stereocenters. The number of carbonyl (C=O) groups excluding carboxylic acids is 2. The van der Waals surface area contributed by atoms with Crippen molar-refractivity contribution in [2.45, 2.75) is 69.6 Å². The van der Waals surface area contributed by atoms with Crippen LogP contribution in [0.2, 0.25) is 0 Å². The van der Waals surface area contributed by atoms with E-state index < -0.39 is 39.7 Å². The molecule has 10 heteroatoms. The molecular weight excluding hydrogens is 519 g/mol. The normalized spacial score (nSPS) is 17.7. The number of hydrogen-bond acceptors (Lipinski definition) is 6. The van der Waals surface area contributed by atoms with Crippen molar-refractivity contribution in [3.05, 3.63) is 65.0 Å². The van der Waals surface area contributed by atoms with Gasteiger partial charge < -0.3 is 14.2 Å². The maximum Gasteiger partial charge on any atom is 0.420 e. The summed E-state index contributed by atoms with van der Waals surface area (Å²) in [5, 5.41) is 12.0. The minimum absolute atomic E-state index is 0.165. The number of likely N-dealkylation sites (tertiary alicyclic amines) is 1. The van der Waals surface area contributed by atoms with E-state index in [1.165, 1.54) is 17.0 Å². The molecule has 39 heavy (non-hydrogen) atoms. The Morgan fingerprint density at radius 1 is 1.15 bits per heavy atom. The van der Waals surface area contributed by atoms with Crippen LogP contribution in [0.15, 0.2) is 42.5 Å². The second kappa shape index (κ2) is 11.9. The van der Waals surface area contributed by atoms with E-state index >= 15 is 0 Å². The molecule has 0 spiro atoms. The van der Waals surface area contributed by atoms with Crippen molar-refractivity contribution in [3.8, 4) is 6.07 Å². The summed E-state index contributed by atoms with van der Waals surface area (Å²) in [6.45, 7) is 6.60. The average Bonchev–Trinajstić information content (AvgIpc) is 3.56. The van der Waals surface area contributed by atoms with Gasteiger partial charge in [-0.1, -0.05) is 31.0 Å². The number of nitriles is 1. The predicted molar refractivity (Wildman–Crippen MR) is 148 cm³/mol. The van der Waals surface area contributed by atoms with Crippen LogP contribution in [-0.4, -0.2) is 39.5 Å². The first-order chi connectivity index (χ1) is 18.5. The number of carbonyl (C=O) groups is 2. The van der Waals surface area contributed by atoms with Gasteiger partial charge in [-0.2, -0.15) is 5.26 Å². The van der Waals surface area contributed by atoms with Crippen molar-refractivity contribution in [1.82, 2.24) is 9.62 Å². The number of anilines is 1. The van der Waals surface area contributed by atoms with E-state index in [2.05, 4.69) is 16.1 Å². The lowest BCUT2D eigenvalue weighted by atomic mass is 9.79. The van der Waals surface area contributed by atoms with Crippen molar-refractivity contribution >= 4 is 29.2 Å². The van der Waals surface area contributed by atoms with Gasteiger partial charge in [-0.15, -0.1) is 4.72 Å². The van der Waals surface area contributed by atoms with Gasteiger partial charge in [0.15, 0.2) is 0 Å². The fourth-order valence-corrected chi connectivity index (χ4v) is 5.64. The van der Waals surface area contributed by atoms with E-state index in [1.54, 1.807) is 24.3 Å². The highest BCUT2D eigenvalue weighted by Crippen LogP contribution is 2.43. The molecule has 208 valence electrons. The molecule has 2 aromatic carbocycles. The Morgan fingerprint density at radius 3 is 2.49 bits per heavy atom. The van der Waals surface area contributed by atoms with Gasteiger partial charge in [-0.3, -0.25) is 5.32 Å². The summed E-state index contributed by atoms with van der Waals surface area (Å²) in [4.78, 5) is 26.2. The van der Waals surface area contributed by atoms with Crippen molar-refractivity contribution in [1.29, 1.82) is 5.26 Å². The molecule has 2 fully saturated rings. The molecule has 1 aliphatic carbocycles. The first-order valence-corrected chi connectivity index (χ1v) is 14.4. The zero-order valence-electron chi connectivity index (χ0n) is 22.6. The summed E-state index contributed by atoms with van der Waals surface area (Å²) < 4.78 is 36.1. The second-order valence-electron chi connectivity index (χ2n) is 11.2. The number of rotatable bonds is 8. The Labute approximate surface area is 232 Å². The van der Waals surface area contributed by atoms with Crippen LogP contribution in [-0.2, 0) is 21.6 Å². The van der Waals surface area contributed by atoms with Gasteiger partial charge in [0.1, 0.15) is 16.1 Å². The summed E-state index contributed by atoms with van der Waals surface area (Å²) in [7, 11) is 0. The predicted octanol–water partition coefficient (Wildman–Crippen LogP) is 5.95. The molecular formula is C29H35FN4O4S. The van der Waals surface area contributed by atoms with Crippen molar-refractivity contribution in [2.75, 3.05) is 18.4 Å². The highest BCUT2D eigenvalue weighted by molar-refractivity contribution is 7.90. The highest BCUT2D eigenvalue weighted by atomic mass is 32.2. The van der Waals surface area contributed by atoms with Crippen LogP contribution in [0.4, 0.5) is 19.7 Å². The van der Waals surface area contributed by atoms with Crippen LogP contribution in [0.5, 0.6) is 0 Å². The molecule has 1 aliphatic heterocycles. The fraction of sp³-hybridized carbons (Fsp3) is 0.483. The maximum absolute atomic E-state index is 15.0. The number of nitrogens with zero attached hydrogens (tertiary/aromatic N) is 2. The van der Waals surface area contributed by atoms with Crippen molar-refractivity contribution in [2.24, 2.45) is 5.92 Å². The average molecular weight is 555 g/mol. The Kier molecular flexibility index (Phi) is 8.84. The van der Waals surface area contributed by atoms with Crippen LogP contribution in [0.3, 0.4) is 0 Å². The van der Waals surface area contributed by atoms with Crippen LogP contribution < -0.4 is 10.0 Å². The number of ether oxygens (including phenoxy) is 1. The molecule has 0 radical (unpaired) electrons. The quantitative estimate of drug-likeness (QED) is 0.308. The smallest absolute Gasteiger partial charge is 0.420 e. The van der Waals surface area contributed by atoms with Crippen molar-refractivity contribution < 1.29 is 23.3 Å². The summed E-state index contributed by atoms with van der Waals surface area (Å²) >= 11 is -1.53. The van der Waals surface area contributed by atoms with Gasteiger partial charge >= 0.3 is 12.2 Å². The number of amides is 2. The number of benzene rings is 2. The van der Waals surface area contributed by atoms with E-state index in [0.29, 0.717) is 42.1 Å². The zero-order valence-corrected chi connectivity index (χ0v) is 23.4. The minimum Gasteiger partial charge on any atom is -0.598 e. The molecule has 0 bridgehead atoms. The lowest BCUT2D eigenvalue weighted by Crippen LogP contribution is -2.52. The van der Waals surface area contributed by atoms with E-state index in [-0.39, 0.29) is 5.69 Å². The highest BCUT2D eigenvalue weighted by Gasteiger charge is 2.43. The number of hydrogen-bond donors (Lipinski definition) is 2. The largest absolute Gasteiger partial charge is 0.598 e. The first-order valence-electron chi connectivity index (χ1n) is 13.3. The lowest BCUT2D eigenvalue weighted by Gasteiger charge is -2.39. The Bertz CT molecular complexity index is 1250. The Morgan fingerprint density at radius 2 is 1.85 bits per heavy atom. The van der Waals surface area contributed by atoms with Gasteiger partial charge in [0.25, 0.3) is 0 Å². The van der Waals surface area contributed by atoms with Gasteiger partial charge in [0, 0.05) is 24.5 Å². The maximum atomic E-state index is 15.0. The third-order valence-electron chi connectivity index (χ3n) is 7.17. The van der Waals surface area contributed by atoms with E-state index in [1.807, 2.05) is 26.8 Å². The molecule has 1 saturated heterocycles. The van der Waals surface area contributed by atoms with Crippen LogP contribution in [0.25, 0.3) is 0 Å². The second-order valence-corrected chi connectivity index (χ2v) is 13.2. The molecule has 1 saturated carbocycles. The SMILES string of the molecule is CC(C)(C)[S@@+]([O-])NC(CCC1CC1)(c1cccc(C#N)c1)c1ccc(F)c(NC(=O)OC(=O)N2CCCC2)c1. The van der Waals surface area contributed by atoms with Crippen LogP contribution in [0, 0.1) is 23.1 Å². The Hall–Kier alpha value is -3.13. The minimum atomic E-state index is -1.53. The monoisotopic (exact) mass is 554 g/mol. The van der Waals surface area contributed by atoms with E-state index in [4.69, 9.17) is 4.74 Å². The number of nitrogens with one attached hydrogen (secondary N) is 2. The van der Waals surface area contributed by atoms with Gasteiger partial charge in [-0.25, -0.2) is 14.0 Å². The third kappa shape index (κ3) is 7.10. The molecule has 0 aromatic heterocycles. The molecule has 1 heterocycles. The first kappa shape index (κ1) is 28.9. The standard InChI is InChI=1S/C29H35FN4O4S/c1-28(2,3)39(37)33-29(14-13-20-9-10-20,22-8-6-7-21(17-22)19-31)23-11-12-24(30)25(18-23)32-26(35)38-27(36)34-15-4-5-16-34/h6-8,11-12,17-18,20,33H,4-5,9-10,13-16H2,1-3H3,(H,32,35)/t29?,39-/m1/s1. The lowest BCUT2D eigenvalue weighted by molar-refractivity contribution is 0.131. The molecule has 2 aliphatic rings. The number of halogens is 1. The molecule has 4 rings (SSSR count). The molecule has 1 unspecified atom stereocenters. The summed E-state index contributed by atoms with van der Waals surface area (Å²) in [6.07, 6.45) is 3.43. The zero-order chi connectivity index (χ0) is 28.2. The molecule has 2 amide bonds. The van der Waals surface area contributed by atoms with Gasteiger partial charge in [0.2, 0.25) is 0 Å².